The van der Waals surface area contributed by atoms with Gasteiger partial charge in [0.05, 0.1) is 5.60 Å². The average Bonchev–Trinajstić information content (AvgIpc) is 2.31. The Morgan fingerprint density at radius 2 is 1.70 bits per heavy atom. The van der Waals surface area contributed by atoms with Crippen LogP contribution in [0.2, 0.25) is 0 Å². The molecular weight excluding hydrogens is 269 g/mol. The number of rotatable bonds is 2. The molecule has 1 fully saturated rings. The van der Waals surface area contributed by atoms with Crippen molar-refractivity contribution in [3.8, 4) is 5.75 Å². The van der Waals surface area contributed by atoms with Gasteiger partial charge in [-0.05, 0) is 24.3 Å². The van der Waals surface area contributed by atoms with Gasteiger partial charge in [-0.25, -0.2) is 0 Å². The third-order valence-corrected chi connectivity index (χ3v) is 4.27. The largest absolute Gasteiger partial charge is 0.573 e. The molecule has 5 heteroatoms. The van der Waals surface area contributed by atoms with Crippen LogP contribution in [0.3, 0.4) is 0 Å². The van der Waals surface area contributed by atoms with E-state index in [0.29, 0.717) is 6.42 Å². The van der Waals surface area contributed by atoms with E-state index in [2.05, 4.69) is 4.74 Å². The van der Waals surface area contributed by atoms with Crippen molar-refractivity contribution in [3.05, 3.63) is 29.8 Å². The molecule has 1 aromatic carbocycles. The van der Waals surface area contributed by atoms with Gasteiger partial charge in [-0.2, -0.15) is 0 Å². The number of alkyl halides is 3. The molecule has 20 heavy (non-hydrogen) atoms. The summed E-state index contributed by atoms with van der Waals surface area (Å²) >= 11 is 0. The van der Waals surface area contributed by atoms with Gasteiger partial charge in [0.25, 0.3) is 0 Å². The number of halogens is 3. The summed E-state index contributed by atoms with van der Waals surface area (Å²) in [5.74, 6) is -0.308. The topological polar surface area (TPSA) is 29.5 Å². The predicted molar refractivity (Wildman–Crippen MR) is 69.3 cm³/mol. The quantitative estimate of drug-likeness (QED) is 0.875. The lowest BCUT2D eigenvalue weighted by Crippen LogP contribution is -2.45. The molecule has 1 atom stereocenters. The van der Waals surface area contributed by atoms with Crippen molar-refractivity contribution in [1.82, 2.24) is 0 Å². The second-order valence-electron chi connectivity index (χ2n) is 6.00. The van der Waals surface area contributed by atoms with E-state index in [0.717, 1.165) is 19.3 Å². The Morgan fingerprint density at radius 1 is 1.10 bits per heavy atom. The Morgan fingerprint density at radius 3 is 2.30 bits per heavy atom. The number of para-hydroxylation sites is 1. The van der Waals surface area contributed by atoms with E-state index in [1.165, 1.54) is 18.2 Å². The highest BCUT2D eigenvalue weighted by Crippen LogP contribution is 2.52. The SMILES string of the molecule is CC1(C)CCCCC1(O)c1ccccc1OC(F)(F)F. The summed E-state index contributed by atoms with van der Waals surface area (Å²) in [6, 6.07) is 5.88. The summed E-state index contributed by atoms with van der Waals surface area (Å²) in [5.41, 5.74) is -1.56. The number of benzene rings is 1. The van der Waals surface area contributed by atoms with Crippen LogP contribution in [0.25, 0.3) is 0 Å². The molecule has 1 aliphatic rings. The van der Waals surface area contributed by atoms with Crippen LogP contribution in [0.15, 0.2) is 24.3 Å². The van der Waals surface area contributed by atoms with Crippen molar-refractivity contribution >= 4 is 0 Å². The van der Waals surface area contributed by atoms with Crippen LogP contribution >= 0.6 is 0 Å². The molecule has 1 aliphatic carbocycles. The van der Waals surface area contributed by atoms with Crippen LogP contribution in [0.5, 0.6) is 5.75 Å². The minimum absolute atomic E-state index is 0.224. The highest BCUT2D eigenvalue weighted by atomic mass is 19.4. The van der Waals surface area contributed by atoms with Crippen LogP contribution in [0.1, 0.15) is 45.1 Å². The van der Waals surface area contributed by atoms with Crippen LogP contribution < -0.4 is 4.74 Å². The first-order valence-corrected chi connectivity index (χ1v) is 6.73. The Labute approximate surface area is 116 Å². The lowest BCUT2D eigenvalue weighted by Gasteiger charge is -2.47. The predicted octanol–water partition coefficient (Wildman–Crippen LogP) is 4.37. The van der Waals surface area contributed by atoms with Crippen molar-refractivity contribution in [2.75, 3.05) is 0 Å². The van der Waals surface area contributed by atoms with Gasteiger partial charge in [-0.1, -0.05) is 44.9 Å². The van der Waals surface area contributed by atoms with Crippen molar-refractivity contribution in [2.45, 2.75) is 51.5 Å². The van der Waals surface area contributed by atoms with E-state index in [9.17, 15) is 18.3 Å². The van der Waals surface area contributed by atoms with Crippen molar-refractivity contribution in [1.29, 1.82) is 0 Å². The molecule has 0 radical (unpaired) electrons. The molecule has 0 aliphatic heterocycles. The number of hydrogen-bond acceptors (Lipinski definition) is 2. The molecule has 1 unspecified atom stereocenters. The van der Waals surface area contributed by atoms with Crippen LogP contribution in [-0.2, 0) is 5.60 Å². The molecular formula is C15H19F3O2. The Kier molecular flexibility index (Phi) is 3.75. The highest BCUT2D eigenvalue weighted by Gasteiger charge is 2.48. The summed E-state index contributed by atoms with van der Waals surface area (Å²) in [6.07, 6.45) is -1.79. The minimum atomic E-state index is -4.76. The van der Waals surface area contributed by atoms with Crippen LogP contribution in [0, 0.1) is 5.41 Å². The van der Waals surface area contributed by atoms with Gasteiger partial charge in [-0.15, -0.1) is 13.2 Å². The normalized spacial score (nSPS) is 26.3. The zero-order valence-corrected chi connectivity index (χ0v) is 11.6. The van der Waals surface area contributed by atoms with E-state index in [4.69, 9.17) is 0 Å². The standard InChI is InChI=1S/C15H19F3O2/c1-13(2)9-5-6-10-14(13,19)11-7-3-4-8-12(11)20-15(16,17)18/h3-4,7-8,19H,5-6,9-10H2,1-2H3. The van der Waals surface area contributed by atoms with Gasteiger partial charge in [-0.3, -0.25) is 0 Å². The first-order valence-electron chi connectivity index (χ1n) is 6.73. The first kappa shape index (κ1) is 15.2. The fourth-order valence-electron chi connectivity index (χ4n) is 3.01. The van der Waals surface area contributed by atoms with Gasteiger partial charge in [0.15, 0.2) is 0 Å². The van der Waals surface area contributed by atoms with E-state index in [1.54, 1.807) is 6.07 Å². The Hall–Kier alpha value is -1.23. The molecule has 0 bridgehead atoms. The average molecular weight is 288 g/mol. The minimum Gasteiger partial charge on any atom is -0.405 e. The summed E-state index contributed by atoms with van der Waals surface area (Å²) in [4.78, 5) is 0. The summed E-state index contributed by atoms with van der Waals surface area (Å²) in [5, 5.41) is 11.0. The van der Waals surface area contributed by atoms with Crippen molar-refractivity contribution in [3.63, 3.8) is 0 Å². The number of ether oxygens (including phenoxy) is 1. The first-order chi connectivity index (χ1) is 9.16. The van der Waals surface area contributed by atoms with Crippen molar-refractivity contribution < 1.29 is 23.0 Å². The molecule has 1 aromatic rings. The zero-order valence-electron chi connectivity index (χ0n) is 11.6. The van der Waals surface area contributed by atoms with E-state index >= 15 is 0 Å². The molecule has 0 aromatic heterocycles. The summed E-state index contributed by atoms with van der Waals surface area (Å²) in [6.45, 7) is 3.77. The molecule has 0 amide bonds. The molecule has 1 N–H and O–H groups in total. The molecule has 0 saturated heterocycles. The molecule has 0 heterocycles. The van der Waals surface area contributed by atoms with Gasteiger partial charge in [0, 0.05) is 5.56 Å². The van der Waals surface area contributed by atoms with Gasteiger partial charge in [0.1, 0.15) is 5.75 Å². The molecule has 0 spiro atoms. The second-order valence-corrected chi connectivity index (χ2v) is 6.00. The zero-order chi connectivity index (χ0) is 15.0. The lowest BCUT2D eigenvalue weighted by molar-refractivity contribution is -0.275. The Balaban J connectivity index is 2.46. The van der Waals surface area contributed by atoms with Crippen molar-refractivity contribution in [2.24, 2.45) is 5.41 Å². The van der Waals surface area contributed by atoms with E-state index in [1.807, 2.05) is 13.8 Å². The van der Waals surface area contributed by atoms with Crippen LogP contribution in [0.4, 0.5) is 13.2 Å². The highest BCUT2D eigenvalue weighted by molar-refractivity contribution is 5.39. The second kappa shape index (κ2) is 4.95. The van der Waals surface area contributed by atoms with Gasteiger partial charge < -0.3 is 9.84 Å². The lowest BCUT2D eigenvalue weighted by atomic mass is 9.62. The fourth-order valence-corrected chi connectivity index (χ4v) is 3.01. The van der Waals surface area contributed by atoms with Gasteiger partial charge in [0.2, 0.25) is 0 Å². The number of aliphatic hydroxyl groups is 1. The fraction of sp³-hybridized carbons (Fsp3) is 0.600. The third-order valence-electron chi connectivity index (χ3n) is 4.27. The number of hydrogen-bond donors (Lipinski definition) is 1. The molecule has 2 nitrogen and oxygen atoms in total. The third kappa shape index (κ3) is 2.77. The van der Waals surface area contributed by atoms with E-state index < -0.39 is 17.4 Å². The summed E-state index contributed by atoms with van der Waals surface area (Å²) in [7, 11) is 0. The Bertz CT molecular complexity index is 482. The maximum atomic E-state index is 12.5. The van der Waals surface area contributed by atoms with Gasteiger partial charge >= 0.3 is 6.36 Å². The molecule has 1 saturated carbocycles. The maximum Gasteiger partial charge on any atom is 0.573 e. The summed E-state index contributed by atoms with van der Waals surface area (Å²) < 4.78 is 41.6. The maximum absolute atomic E-state index is 12.5. The monoisotopic (exact) mass is 288 g/mol. The molecule has 2 rings (SSSR count). The van der Waals surface area contributed by atoms with Crippen LogP contribution in [-0.4, -0.2) is 11.5 Å². The molecule has 112 valence electrons. The smallest absolute Gasteiger partial charge is 0.405 e. The van der Waals surface area contributed by atoms with E-state index in [-0.39, 0.29) is 11.3 Å².